The maximum Gasteiger partial charge on any atom is 0.243 e. The summed E-state index contributed by atoms with van der Waals surface area (Å²) in [5.74, 6) is 1.35. The maximum atomic E-state index is 12.9. The molecule has 2 heterocycles. The molecule has 0 N–H and O–H groups in total. The molecule has 1 aliphatic heterocycles. The van der Waals surface area contributed by atoms with E-state index in [0.29, 0.717) is 31.9 Å². The number of anilines is 1. The van der Waals surface area contributed by atoms with Gasteiger partial charge < -0.3 is 9.64 Å². The molecule has 0 unspecified atom stereocenters. The molecule has 0 bridgehead atoms. The van der Waals surface area contributed by atoms with E-state index < -0.39 is 10.0 Å². The van der Waals surface area contributed by atoms with Gasteiger partial charge >= 0.3 is 0 Å². The fourth-order valence-corrected chi connectivity index (χ4v) is 4.90. The minimum atomic E-state index is -3.55. The summed E-state index contributed by atoms with van der Waals surface area (Å²) in [7, 11) is -2.00. The summed E-state index contributed by atoms with van der Waals surface area (Å²) in [6, 6.07) is 14.1. The second-order valence-corrected chi connectivity index (χ2v) is 8.68. The summed E-state index contributed by atoms with van der Waals surface area (Å²) in [6.45, 7) is 1.77. The summed E-state index contributed by atoms with van der Waals surface area (Å²) in [6.07, 6.45) is 0. The van der Waals surface area contributed by atoms with E-state index in [1.807, 2.05) is 24.3 Å². The molecule has 0 spiro atoms. The fourth-order valence-electron chi connectivity index (χ4n) is 3.31. The minimum Gasteiger partial charge on any atom is -0.497 e. The number of nitrogens with zero attached hydrogens (tertiary/aromatic N) is 4. The number of hydrogen-bond acceptors (Lipinski definition) is 6. The van der Waals surface area contributed by atoms with Gasteiger partial charge in [0.1, 0.15) is 11.6 Å². The number of benzene rings is 2. The van der Waals surface area contributed by atoms with Gasteiger partial charge in [0.05, 0.1) is 17.5 Å². The monoisotopic (exact) mass is 418 g/mol. The van der Waals surface area contributed by atoms with Crippen molar-refractivity contribution in [3.05, 3.63) is 53.8 Å². The summed E-state index contributed by atoms with van der Waals surface area (Å²) in [4.78, 5) is 11.0. The normalized spacial score (nSPS) is 15.7. The van der Waals surface area contributed by atoms with Crippen LogP contribution in [0.25, 0.3) is 10.9 Å². The number of aromatic nitrogens is 2. The molecule has 0 saturated carbocycles. The summed E-state index contributed by atoms with van der Waals surface area (Å²) in [5.41, 5.74) is 0.769. The lowest BCUT2D eigenvalue weighted by atomic mass is 10.2. The van der Waals surface area contributed by atoms with Gasteiger partial charge in [0.2, 0.25) is 15.3 Å². The van der Waals surface area contributed by atoms with Crippen LogP contribution < -0.4 is 9.64 Å². The third-order valence-corrected chi connectivity index (χ3v) is 6.87. The average Bonchev–Trinajstić information content (AvgIpc) is 2.73. The molecule has 28 heavy (non-hydrogen) atoms. The Balaban J connectivity index is 1.55. The van der Waals surface area contributed by atoms with E-state index in [9.17, 15) is 8.42 Å². The van der Waals surface area contributed by atoms with Crippen LogP contribution in [0.15, 0.2) is 53.4 Å². The Bertz CT molecular complexity index is 1100. The van der Waals surface area contributed by atoms with E-state index in [4.69, 9.17) is 16.3 Å². The molecule has 1 saturated heterocycles. The number of para-hydroxylation sites is 1. The van der Waals surface area contributed by atoms with Crippen molar-refractivity contribution in [2.45, 2.75) is 4.90 Å². The average molecular weight is 419 g/mol. The van der Waals surface area contributed by atoms with Crippen LogP contribution in [0.1, 0.15) is 0 Å². The molecule has 1 aromatic heterocycles. The van der Waals surface area contributed by atoms with E-state index in [1.165, 1.54) is 4.31 Å². The van der Waals surface area contributed by atoms with Crippen molar-refractivity contribution in [1.29, 1.82) is 0 Å². The van der Waals surface area contributed by atoms with Gasteiger partial charge in [-0.1, -0.05) is 12.1 Å². The Labute approximate surface area is 168 Å². The molecule has 4 rings (SSSR count). The number of fused-ring (bicyclic) bond motifs is 1. The lowest BCUT2D eigenvalue weighted by molar-refractivity contribution is 0.384. The van der Waals surface area contributed by atoms with Gasteiger partial charge in [0.15, 0.2) is 0 Å². The van der Waals surface area contributed by atoms with E-state index >= 15 is 0 Å². The highest BCUT2D eigenvalue weighted by molar-refractivity contribution is 7.89. The number of methoxy groups -OCH3 is 1. The topological polar surface area (TPSA) is 75.6 Å². The van der Waals surface area contributed by atoms with Gasteiger partial charge in [-0.3, -0.25) is 0 Å². The molecular formula is C19H19ClN4O3S. The van der Waals surface area contributed by atoms with Crippen LogP contribution in [0.2, 0.25) is 5.28 Å². The first kappa shape index (κ1) is 18.9. The minimum absolute atomic E-state index is 0.182. The van der Waals surface area contributed by atoms with Gasteiger partial charge in [0, 0.05) is 31.6 Å². The Morgan fingerprint density at radius 2 is 1.64 bits per heavy atom. The molecule has 1 fully saturated rings. The van der Waals surface area contributed by atoms with Gasteiger partial charge in [-0.25, -0.2) is 13.4 Å². The quantitative estimate of drug-likeness (QED) is 0.606. The predicted molar refractivity (Wildman–Crippen MR) is 109 cm³/mol. The molecule has 0 amide bonds. The van der Waals surface area contributed by atoms with Gasteiger partial charge in [-0.05, 0) is 48.0 Å². The third kappa shape index (κ3) is 3.50. The Hall–Kier alpha value is -2.42. The zero-order valence-electron chi connectivity index (χ0n) is 15.2. The molecule has 0 radical (unpaired) electrons. The number of piperazine rings is 1. The van der Waals surface area contributed by atoms with Gasteiger partial charge in [-0.15, -0.1) is 0 Å². The zero-order chi connectivity index (χ0) is 19.7. The molecule has 3 aromatic rings. The van der Waals surface area contributed by atoms with Crippen molar-refractivity contribution >= 4 is 38.3 Å². The molecule has 0 atom stereocenters. The predicted octanol–water partition coefficient (Wildman–Crippen LogP) is 2.80. The molecule has 1 aliphatic rings. The number of ether oxygens (including phenoxy) is 1. The van der Waals surface area contributed by atoms with Crippen molar-refractivity contribution in [1.82, 2.24) is 14.3 Å². The van der Waals surface area contributed by atoms with E-state index in [2.05, 4.69) is 14.9 Å². The van der Waals surface area contributed by atoms with E-state index in [1.54, 1.807) is 31.4 Å². The van der Waals surface area contributed by atoms with Gasteiger partial charge in [-0.2, -0.15) is 9.29 Å². The number of halogens is 1. The largest absolute Gasteiger partial charge is 0.497 e. The third-order valence-electron chi connectivity index (χ3n) is 4.79. The van der Waals surface area contributed by atoms with Crippen molar-refractivity contribution in [3.63, 3.8) is 0 Å². The molecule has 7 nitrogen and oxygen atoms in total. The summed E-state index contributed by atoms with van der Waals surface area (Å²) < 4.78 is 32.4. The smallest absolute Gasteiger partial charge is 0.243 e. The van der Waals surface area contributed by atoms with E-state index in [-0.39, 0.29) is 10.2 Å². The van der Waals surface area contributed by atoms with Crippen molar-refractivity contribution in [2.75, 3.05) is 38.2 Å². The van der Waals surface area contributed by atoms with Crippen molar-refractivity contribution in [2.24, 2.45) is 0 Å². The summed E-state index contributed by atoms with van der Waals surface area (Å²) >= 11 is 6.08. The first-order chi connectivity index (χ1) is 13.5. The summed E-state index contributed by atoms with van der Waals surface area (Å²) in [5, 5.41) is 1.08. The molecular weight excluding hydrogens is 400 g/mol. The Morgan fingerprint density at radius 3 is 2.32 bits per heavy atom. The fraction of sp³-hybridized carbons (Fsp3) is 0.263. The van der Waals surface area contributed by atoms with Crippen LogP contribution in [0.4, 0.5) is 5.82 Å². The Morgan fingerprint density at radius 1 is 0.964 bits per heavy atom. The van der Waals surface area contributed by atoms with Crippen molar-refractivity contribution in [3.8, 4) is 5.75 Å². The van der Waals surface area contributed by atoms with Crippen LogP contribution in [0.5, 0.6) is 5.75 Å². The Kier molecular flexibility index (Phi) is 5.09. The maximum absolute atomic E-state index is 12.9. The van der Waals surface area contributed by atoms with Crippen LogP contribution in [0, 0.1) is 0 Å². The highest BCUT2D eigenvalue weighted by Crippen LogP contribution is 2.27. The first-order valence-electron chi connectivity index (χ1n) is 8.80. The van der Waals surface area contributed by atoms with Crippen LogP contribution in [0.3, 0.4) is 0 Å². The number of rotatable bonds is 4. The van der Waals surface area contributed by atoms with Crippen molar-refractivity contribution < 1.29 is 13.2 Å². The van der Waals surface area contributed by atoms with Crippen LogP contribution in [-0.2, 0) is 10.0 Å². The lowest BCUT2D eigenvalue weighted by Crippen LogP contribution is -2.49. The first-order valence-corrected chi connectivity index (χ1v) is 10.6. The van der Waals surface area contributed by atoms with Gasteiger partial charge in [0.25, 0.3) is 0 Å². The standard InChI is InChI=1S/C19H19ClN4O3S/c1-27-14-6-8-15(9-7-14)28(25,26)24-12-10-23(11-13-24)18-16-4-2-3-5-17(16)21-19(20)22-18/h2-9H,10-13H2,1H3. The highest BCUT2D eigenvalue weighted by Gasteiger charge is 2.29. The molecule has 146 valence electrons. The number of hydrogen-bond donors (Lipinski definition) is 0. The second kappa shape index (κ2) is 7.54. The molecule has 9 heteroatoms. The number of sulfonamides is 1. The highest BCUT2D eigenvalue weighted by atomic mass is 35.5. The second-order valence-electron chi connectivity index (χ2n) is 6.40. The van der Waals surface area contributed by atoms with Crippen LogP contribution >= 0.6 is 11.6 Å². The van der Waals surface area contributed by atoms with E-state index in [0.717, 1.165) is 16.7 Å². The molecule has 2 aromatic carbocycles. The zero-order valence-corrected chi connectivity index (χ0v) is 16.8. The molecule has 0 aliphatic carbocycles. The SMILES string of the molecule is COc1ccc(S(=O)(=O)N2CCN(c3nc(Cl)nc4ccccc34)CC2)cc1. The van der Waals surface area contributed by atoms with Crippen LogP contribution in [-0.4, -0.2) is 56.0 Å². The lowest BCUT2D eigenvalue weighted by Gasteiger charge is -2.35.